The van der Waals surface area contributed by atoms with Crippen LogP contribution < -0.4 is 15.4 Å². The number of sulfonamides is 1. The summed E-state index contributed by atoms with van der Waals surface area (Å²) in [6.45, 7) is 8.86. The number of benzene rings is 1. The van der Waals surface area contributed by atoms with Crippen LogP contribution in [0.4, 0.5) is 14.0 Å². The van der Waals surface area contributed by atoms with E-state index in [0.29, 0.717) is 24.0 Å². The maximum atomic E-state index is 14.4. The highest BCUT2D eigenvalue weighted by molar-refractivity contribution is 7.91. The number of nitrogens with zero attached hydrogens (tertiary/aromatic N) is 2. The third-order valence-corrected chi connectivity index (χ3v) is 12.3. The van der Waals surface area contributed by atoms with Crippen LogP contribution in [0.5, 0.6) is 0 Å². The van der Waals surface area contributed by atoms with Gasteiger partial charge in [0.15, 0.2) is 0 Å². The predicted octanol–water partition coefficient (Wildman–Crippen LogP) is 3.00. The first kappa shape index (κ1) is 36.6. The Bertz CT molecular complexity index is 1720. The molecule has 3 aliphatic carbocycles. The molecule has 2 aliphatic heterocycles. The van der Waals surface area contributed by atoms with Crippen molar-refractivity contribution in [3.63, 3.8) is 0 Å². The van der Waals surface area contributed by atoms with E-state index in [9.17, 15) is 36.8 Å². The summed E-state index contributed by atoms with van der Waals surface area (Å²) in [6.07, 6.45) is 2.81. The lowest BCUT2D eigenvalue weighted by atomic mass is 9.85. The number of hydrogen-bond acceptors (Lipinski definition) is 9. The predicted molar refractivity (Wildman–Crippen MR) is 180 cm³/mol. The summed E-state index contributed by atoms with van der Waals surface area (Å²) in [5.74, 6) is -3.30. The second-order valence-electron chi connectivity index (χ2n) is 15.4. The van der Waals surface area contributed by atoms with Crippen LogP contribution in [-0.4, -0.2) is 89.8 Å². The van der Waals surface area contributed by atoms with E-state index in [2.05, 4.69) is 21.9 Å². The number of alkyl carbamates (subject to hydrolysis) is 1. The van der Waals surface area contributed by atoms with Gasteiger partial charge in [0.1, 0.15) is 35.6 Å². The molecule has 2 heterocycles. The van der Waals surface area contributed by atoms with Crippen LogP contribution in [0.1, 0.15) is 83.3 Å². The molecule has 1 aromatic carbocycles. The van der Waals surface area contributed by atoms with Gasteiger partial charge >= 0.3 is 12.2 Å². The number of carbonyl (C=O) groups excluding carboxylic acids is 5. The lowest BCUT2D eigenvalue weighted by molar-refractivity contribution is -0.143. The second-order valence-corrected chi connectivity index (χ2v) is 17.4. The summed E-state index contributed by atoms with van der Waals surface area (Å²) in [4.78, 5) is 70.7. The largest absolute Gasteiger partial charge is 0.446 e. The number of likely N-dealkylation sites (tertiary alicyclic amines) is 1. The van der Waals surface area contributed by atoms with Crippen LogP contribution in [0.25, 0.3) is 0 Å². The van der Waals surface area contributed by atoms with Crippen molar-refractivity contribution in [1.29, 1.82) is 0 Å². The van der Waals surface area contributed by atoms with E-state index in [1.165, 1.54) is 21.9 Å². The van der Waals surface area contributed by atoms with E-state index in [0.717, 1.165) is 25.7 Å². The molecular weight excluding hydrogens is 685 g/mol. The van der Waals surface area contributed by atoms with Crippen molar-refractivity contribution in [3.8, 4) is 0 Å². The average Bonchev–Trinajstić information content (AvgIpc) is 3.85. The number of nitrogens with one attached hydrogen (secondary N) is 3. The van der Waals surface area contributed by atoms with Gasteiger partial charge in [0.05, 0.1) is 18.3 Å². The Hall–Kier alpha value is -4.21. The highest BCUT2D eigenvalue weighted by Crippen LogP contribution is 2.45. The molecule has 3 saturated carbocycles. The number of fused-ring (bicyclic) bond motifs is 1. The van der Waals surface area contributed by atoms with E-state index in [1.807, 2.05) is 0 Å². The molecule has 1 saturated heterocycles. The molecule has 16 heteroatoms. The monoisotopic (exact) mass is 731 g/mol. The smallest absolute Gasteiger partial charge is 0.410 e. The van der Waals surface area contributed by atoms with Crippen molar-refractivity contribution in [2.75, 3.05) is 6.54 Å². The van der Waals surface area contributed by atoms with Crippen molar-refractivity contribution in [2.24, 2.45) is 11.3 Å². The number of carbonyl (C=O) groups is 5. The van der Waals surface area contributed by atoms with E-state index < -0.39 is 86.1 Å². The molecule has 4 fully saturated rings. The highest BCUT2D eigenvalue weighted by atomic mass is 32.2. The van der Waals surface area contributed by atoms with Crippen LogP contribution in [0.15, 0.2) is 30.9 Å². The normalized spacial score (nSPS) is 26.5. The topological polar surface area (TPSA) is 181 Å². The van der Waals surface area contributed by atoms with Crippen molar-refractivity contribution in [3.05, 3.63) is 47.8 Å². The minimum Gasteiger partial charge on any atom is -0.446 e. The zero-order chi connectivity index (χ0) is 36.9. The summed E-state index contributed by atoms with van der Waals surface area (Å²) in [5.41, 5.74) is -1.44. The molecule has 0 aromatic heterocycles. The highest BCUT2D eigenvalue weighted by Gasteiger charge is 2.62. The first-order valence-electron chi connectivity index (χ1n) is 17.5. The summed E-state index contributed by atoms with van der Waals surface area (Å²) in [6, 6.07) is 2.16. The summed E-state index contributed by atoms with van der Waals surface area (Å²) in [5, 5.41) is 4.73. The zero-order valence-corrected chi connectivity index (χ0v) is 29.9. The van der Waals surface area contributed by atoms with Gasteiger partial charge in [-0.2, -0.15) is 0 Å². The zero-order valence-electron chi connectivity index (χ0n) is 29.1. The van der Waals surface area contributed by atoms with Gasteiger partial charge in [-0.3, -0.25) is 24.0 Å². The van der Waals surface area contributed by atoms with Crippen molar-refractivity contribution >= 4 is 39.9 Å². The molecule has 51 heavy (non-hydrogen) atoms. The van der Waals surface area contributed by atoms with Crippen LogP contribution in [0.3, 0.4) is 0 Å². The van der Waals surface area contributed by atoms with Gasteiger partial charge in [0, 0.05) is 24.4 Å². The first-order valence-corrected chi connectivity index (χ1v) is 19.1. The number of hydrogen-bond donors (Lipinski definition) is 3. The van der Waals surface area contributed by atoms with Gasteiger partial charge in [0.25, 0.3) is 5.91 Å². The summed E-state index contributed by atoms with van der Waals surface area (Å²) < 4.78 is 53.1. The molecule has 14 nitrogen and oxygen atoms in total. The van der Waals surface area contributed by atoms with Crippen molar-refractivity contribution in [1.82, 2.24) is 25.2 Å². The lowest BCUT2D eigenvalue weighted by Crippen LogP contribution is -2.60. The quantitative estimate of drug-likeness (QED) is 0.305. The molecule has 5 amide bonds. The maximum Gasteiger partial charge on any atom is 0.410 e. The fourth-order valence-corrected chi connectivity index (χ4v) is 8.61. The minimum atomic E-state index is -3.93. The van der Waals surface area contributed by atoms with Gasteiger partial charge in [-0.25, -0.2) is 22.4 Å². The molecule has 5 atom stereocenters. The van der Waals surface area contributed by atoms with Crippen LogP contribution >= 0.6 is 0 Å². The SMILES string of the molecule is C=C[C@H]1C[C@@]1(NC(=O)[C@@H]1C[C@@H](OC(=O)N2Cc3cccc(F)c3C2)CN1C(=O)[C@@H](NC(=O)OC1CCCC1)C(C)(C)C)C(=O)NS(=O)(=O)C1CC1. The van der Waals surface area contributed by atoms with E-state index in [4.69, 9.17) is 9.47 Å². The number of ether oxygens (including phenoxy) is 2. The third-order valence-electron chi connectivity index (χ3n) is 10.5. The van der Waals surface area contributed by atoms with Gasteiger partial charge in [-0.05, 0) is 62.0 Å². The molecular formula is C35H46FN5O9S. The Balaban J connectivity index is 1.22. The van der Waals surface area contributed by atoms with Gasteiger partial charge in [-0.15, -0.1) is 6.58 Å². The molecule has 5 aliphatic rings. The van der Waals surface area contributed by atoms with E-state index >= 15 is 0 Å². The molecule has 0 unspecified atom stereocenters. The Morgan fingerprint density at radius 2 is 1.75 bits per heavy atom. The first-order chi connectivity index (χ1) is 24.0. The maximum absolute atomic E-state index is 14.4. The van der Waals surface area contributed by atoms with Crippen molar-refractivity contribution in [2.45, 2.75) is 120 Å². The molecule has 6 rings (SSSR count). The molecule has 3 N–H and O–H groups in total. The molecule has 0 spiro atoms. The van der Waals surface area contributed by atoms with Crippen LogP contribution in [0, 0.1) is 17.2 Å². The Morgan fingerprint density at radius 1 is 1.04 bits per heavy atom. The standard InChI is InChI=1S/C35H46FN5O9S/c1-5-21-16-35(21,31(44)39-51(47,48)24-13-14-24)38-29(42)27-15-23(50-33(46)40-17-20-9-8-12-26(36)25(20)19-40)18-41(27)30(43)28(34(2,3)4)37-32(45)49-22-10-6-7-11-22/h5,8-9,12,21-24,27-28H,1,6-7,10-11,13-19H2,2-4H3,(H,37,45)(H,38,42)(H,39,44)/t21-,23+,27-,28+,35-/m0/s1. The number of rotatable bonds is 10. The van der Waals surface area contributed by atoms with Crippen LogP contribution in [0.2, 0.25) is 0 Å². The fourth-order valence-electron chi connectivity index (χ4n) is 7.25. The van der Waals surface area contributed by atoms with Crippen molar-refractivity contribution < 1.29 is 46.3 Å². The van der Waals surface area contributed by atoms with Gasteiger partial charge in [0.2, 0.25) is 21.8 Å². The van der Waals surface area contributed by atoms with Gasteiger partial charge in [-0.1, -0.05) is 39.0 Å². The Kier molecular flexibility index (Phi) is 9.85. The molecule has 0 radical (unpaired) electrons. The second kappa shape index (κ2) is 13.7. The Labute approximate surface area is 296 Å². The minimum absolute atomic E-state index is 0.0103. The molecule has 0 bridgehead atoms. The summed E-state index contributed by atoms with van der Waals surface area (Å²) in [7, 11) is -3.93. The number of halogens is 1. The van der Waals surface area contributed by atoms with Gasteiger partial charge < -0.3 is 25.0 Å². The molecule has 278 valence electrons. The van der Waals surface area contributed by atoms with E-state index in [-0.39, 0.29) is 38.6 Å². The fraction of sp³-hybridized carbons (Fsp3) is 0.629. The average molecular weight is 732 g/mol. The Morgan fingerprint density at radius 3 is 2.35 bits per heavy atom. The van der Waals surface area contributed by atoms with Crippen LogP contribution in [-0.2, 0) is 47.0 Å². The third kappa shape index (κ3) is 7.70. The number of amides is 5. The summed E-state index contributed by atoms with van der Waals surface area (Å²) >= 11 is 0. The molecule has 1 aromatic rings. The van der Waals surface area contributed by atoms with E-state index in [1.54, 1.807) is 32.9 Å². The lowest BCUT2D eigenvalue weighted by Gasteiger charge is -2.35.